The number of nitrogens with zero attached hydrogens (tertiary/aromatic N) is 1. The highest BCUT2D eigenvalue weighted by Gasteiger charge is 2.00. The number of primary amides is 1. The van der Waals surface area contributed by atoms with E-state index in [4.69, 9.17) is 5.73 Å². The van der Waals surface area contributed by atoms with E-state index in [9.17, 15) is 9.18 Å². The normalized spacial score (nSPS) is 9.30. The van der Waals surface area contributed by atoms with Crippen LogP contribution < -0.4 is 5.73 Å². The molecule has 1 rings (SSSR count). The summed E-state index contributed by atoms with van der Waals surface area (Å²) in [7, 11) is 0. The fourth-order valence-electron chi connectivity index (χ4n) is 0.473. The van der Waals surface area contributed by atoms with Crippen molar-refractivity contribution in [1.82, 2.24) is 4.98 Å². The van der Waals surface area contributed by atoms with Crippen molar-refractivity contribution in [2.45, 2.75) is 0 Å². The van der Waals surface area contributed by atoms with Crippen LogP contribution in [0, 0.1) is 11.9 Å². The summed E-state index contributed by atoms with van der Waals surface area (Å²) in [5, 5.41) is 0. The van der Waals surface area contributed by atoms with E-state index in [0.29, 0.717) is 0 Å². The fourth-order valence-corrected chi connectivity index (χ4v) is 0.473. The maximum Gasteiger partial charge on any atom is 0.267 e. The maximum absolute atomic E-state index is 12.1. The highest BCUT2D eigenvalue weighted by Crippen LogP contribution is 1.94. The summed E-state index contributed by atoms with van der Waals surface area (Å²) in [5.74, 6) is -1.25. The van der Waals surface area contributed by atoms with Crippen molar-refractivity contribution in [2.75, 3.05) is 0 Å². The Kier molecular flexibility index (Phi) is 1.62. The lowest BCUT2D eigenvalue weighted by atomic mass is 10.3. The molecule has 0 fully saturated rings. The topological polar surface area (TPSA) is 56.0 Å². The van der Waals surface area contributed by atoms with E-state index >= 15 is 0 Å². The Morgan fingerprint density at radius 3 is 2.90 bits per heavy atom. The average Bonchev–Trinajstić information content (AvgIpc) is 1.88. The highest BCUT2D eigenvalue weighted by atomic mass is 19.1. The first kappa shape index (κ1) is 6.67. The molecule has 0 atom stereocenters. The quantitative estimate of drug-likeness (QED) is 0.600. The molecule has 51 valence electrons. The standard InChI is InChI=1S/C6H4FN2O/c7-4-1-2-5(6(8)10)9-3-4/h1,3H,(H2,8,10). The summed E-state index contributed by atoms with van der Waals surface area (Å²) in [5.41, 5.74) is 4.75. The smallest absolute Gasteiger partial charge is 0.267 e. The first-order valence-electron chi connectivity index (χ1n) is 2.53. The van der Waals surface area contributed by atoms with Gasteiger partial charge in [-0.2, -0.15) is 0 Å². The van der Waals surface area contributed by atoms with Crippen LogP contribution in [-0.2, 0) is 0 Å². The molecule has 10 heavy (non-hydrogen) atoms. The molecule has 0 aromatic carbocycles. The molecule has 3 nitrogen and oxygen atoms in total. The molecule has 1 aromatic rings. The second kappa shape index (κ2) is 2.43. The summed E-state index contributed by atoms with van der Waals surface area (Å²) in [4.78, 5) is 13.7. The number of nitrogens with two attached hydrogens (primary N) is 1. The van der Waals surface area contributed by atoms with Gasteiger partial charge in [-0.25, -0.2) is 9.37 Å². The summed E-state index contributed by atoms with van der Waals surface area (Å²) >= 11 is 0. The van der Waals surface area contributed by atoms with Crippen LogP contribution in [0.2, 0.25) is 0 Å². The minimum Gasteiger partial charge on any atom is -0.364 e. The van der Waals surface area contributed by atoms with Crippen LogP contribution in [0.4, 0.5) is 4.39 Å². The van der Waals surface area contributed by atoms with Crippen molar-refractivity contribution >= 4 is 5.91 Å². The Hall–Kier alpha value is -1.45. The van der Waals surface area contributed by atoms with Crippen LogP contribution in [-0.4, -0.2) is 10.9 Å². The second-order valence-corrected chi connectivity index (χ2v) is 1.64. The first-order valence-corrected chi connectivity index (χ1v) is 2.53. The van der Waals surface area contributed by atoms with Crippen LogP contribution in [0.5, 0.6) is 0 Å². The zero-order chi connectivity index (χ0) is 7.56. The molecule has 0 aliphatic rings. The van der Waals surface area contributed by atoms with E-state index < -0.39 is 11.7 Å². The van der Waals surface area contributed by atoms with Crippen LogP contribution in [0.25, 0.3) is 0 Å². The van der Waals surface area contributed by atoms with Gasteiger partial charge < -0.3 is 5.73 Å². The van der Waals surface area contributed by atoms with Gasteiger partial charge in [0.25, 0.3) is 5.91 Å². The van der Waals surface area contributed by atoms with Crippen molar-refractivity contribution in [3.63, 3.8) is 0 Å². The van der Waals surface area contributed by atoms with Gasteiger partial charge in [0.1, 0.15) is 11.5 Å². The van der Waals surface area contributed by atoms with Gasteiger partial charge in [-0.3, -0.25) is 4.79 Å². The SMILES string of the molecule is NC(=O)c1[c]cc(F)cn1. The van der Waals surface area contributed by atoms with Crippen LogP contribution in [0.1, 0.15) is 10.5 Å². The molecule has 1 amide bonds. The third-order valence-electron chi connectivity index (χ3n) is 0.897. The summed E-state index contributed by atoms with van der Waals surface area (Å²) in [6.45, 7) is 0. The van der Waals surface area contributed by atoms with E-state index in [2.05, 4.69) is 11.1 Å². The third-order valence-corrected chi connectivity index (χ3v) is 0.897. The third kappa shape index (κ3) is 1.28. The van der Waals surface area contributed by atoms with E-state index in [1.54, 1.807) is 0 Å². The molecule has 1 radical (unpaired) electrons. The molecule has 0 aliphatic carbocycles. The number of carbonyl (C=O) groups is 1. The number of aromatic nitrogens is 1. The first-order chi connectivity index (χ1) is 4.70. The van der Waals surface area contributed by atoms with Gasteiger partial charge in [0.15, 0.2) is 0 Å². The number of halogens is 1. The molecular weight excluding hydrogens is 135 g/mol. The van der Waals surface area contributed by atoms with Gasteiger partial charge in [0.2, 0.25) is 0 Å². The van der Waals surface area contributed by atoms with Crippen molar-refractivity contribution in [2.24, 2.45) is 5.73 Å². The molecule has 1 heterocycles. The van der Waals surface area contributed by atoms with Crippen molar-refractivity contribution in [3.8, 4) is 0 Å². The van der Waals surface area contributed by atoms with E-state index in [1.807, 2.05) is 0 Å². The molecule has 0 aliphatic heterocycles. The molecular formula is C6H4FN2O. The zero-order valence-electron chi connectivity index (χ0n) is 4.97. The predicted molar refractivity (Wildman–Crippen MR) is 31.5 cm³/mol. The Morgan fingerprint density at radius 1 is 1.80 bits per heavy atom. The van der Waals surface area contributed by atoms with Gasteiger partial charge in [-0.1, -0.05) is 0 Å². The Morgan fingerprint density at radius 2 is 2.50 bits per heavy atom. The number of rotatable bonds is 1. The Balaban J connectivity index is 3.00. The molecule has 0 unspecified atom stereocenters. The largest absolute Gasteiger partial charge is 0.364 e. The molecule has 0 bridgehead atoms. The Labute approximate surface area is 56.7 Å². The fraction of sp³-hybridized carbons (Fsp3) is 0. The zero-order valence-corrected chi connectivity index (χ0v) is 4.97. The number of carbonyl (C=O) groups excluding carboxylic acids is 1. The summed E-state index contributed by atoms with van der Waals surface area (Å²) < 4.78 is 12.1. The van der Waals surface area contributed by atoms with Gasteiger partial charge in [-0.15, -0.1) is 0 Å². The van der Waals surface area contributed by atoms with Crippen molar-refractivity contribution in [3.05, 3.63) is 29.8 Å². The monoisotopic (exact) mass is 139 g/mol. The Bertz CT molecular complexity index is 244. The van der Waals surface area contributed by atoms with E-state index in [0.717, 1.165) is 12.3 Å². The van der Waals surface area contributed by atoms with Gasteiger partial charge >= 0.3 is 0 Å². The van der Waals surface area contributed by atoms with E-state index in [1.165, 1.54) is 0 Å². The lowest BCUT2D eigenvalue weighted by Gasteiger charge is -1.90. The summed E-state index contributed by atoms with van der Waals surface area (Å²) in [6, 6.07) is 3.28. The van der Waals surface area contributed by atoms with Crippen molar-refractivity contribution in [1.29, 1.82) is 0 Å². The number of amides is 1. The number of hydrogen-bond donors (Lipinski definition) is 1. The van der Waals surface area contributed by atoms with Crippen molar-refractivity contribution < 1.29 is 9.18 Å². The lowest BCUT2D eigenvalue weighted by Crippen LogP contribution is -2.12. The van der Waals surface area contributed by atoms with Gasteiger partial charge in [-0.05, 0) is 6.07 Å². The molecule has 4 heteroatoms. The molecule has 0 saturated carbocycles. The molecule has 0 spiro atoms. The average molecular weight is 139 g/mol. The van der Waals surface area contributed by atoms with Gasteiger partial charge in [0.05, 0.1) is 6.20 Å². The maximum atomic E-state index is 12.1. The number of hydrogen-bond acceptors (Lipinski definition) is 2. The molecule has 2 N–H and O–H groups in total. The number of pyridine rings is 1. The minimum absolute atomic E-state index is 0.0543. The van der Waals surface area contributed by atoms with Gasteiger partial charge in [0, 0.05) is 6.07 Å². The predicted octanol–water partition coefficient (Wildman–Crippen LogP) is 0.120. The minimum atomic E-state index is -0.708. The second-order valence-electron chi connectivity index (χ2n) is 1.64. The van der Waals surface area contributed by atoms with E-state index in [-0.39, 0.29) is 5.69 Å². The molecule has 0 saturated heterocycles. The summed E-state index contributed by atoms with van der Waals surface area (Å²) in [6.07, 6.45) is 0.913. The van der Waals surface area contributed by atoms with Crippen LogP contribution >= 0.6 is 0 Å². The van der Waals surface area contributed by atoms with Crippen LogP contribution in [0.3, 0.4) is 0 Å². The highest BCUT2D eigenvalue weighted by molar-refractivity contribution is 5.90. The van der Waals surface area contributed by atoms with Crippen LogP contribution in [0.15, 0.2) is 12.3 Å². The lowest BCUT2D eigenvalue weighted by molar-refractivity contribution is 0.0995. The molecule has 1 aromatic heterocycles.